The molecule has 0 saturated carbocycles. The smallest absolute Gasteiger partial charge is 0.0290 e. The Bertz CT molecular complexity index is 331. The second-order valence-electron chi connectivity index (χ2n) is 4.85. The van der Waals surface area contributed by atoms with Gasteiger partial charge < -0.3 is 0 Å². The van der Waals surface area contributed by atoms with Crippen molar-refractivity contribution in [2.24, 2.45) is 0 Å². The third-order valence-electron chi connectivity index (χ3n) is 3.54. The van der Waals surface area contributed by atoms with Crippen LogP contribution in [0.3, 0.4) is 0 Å². The maximum absolute atomic E-state index is 3.91. The molecule has 2 rings (SSSR count). The molecule has 0 spiro atoms. The normalized spacial score (nSPS) is 20.4. The van der Waals surface area contributed by atoms with Crippen molar-refractivity contribution in [2.75, 3.05) is 18.4 Å². The molecular weight excluding hydrogens is 342 g/mol. The van der Waals surface area contributed by atoms with Crippen LogP contribution in [0.25, 0.3) is 0 Å². The molecule has 0 radical (unpaired) electrons. The number of hydrogen-bond acceptors (Lipinski definition) is 1. The lowest BCUT2D eigenvalue weighted by Gasteiger charge is -2.37. The Morgan fingerprint density at radius 1 is 1.12 bits per heavy atom. The number of nitrogens with zero attached hydrogens (tertiary/aromatic N) is 1. The predicted octanol–water partition coefficient (Wildman–Crippen LogP) is 4.20. The lowest BCUT2D eigenvalue weighted by Crippen LogP contribution is -2.40. The first-order valence-corrected chi connectivity index (χ1v) is 8.14. The SMILES string of the molecule is BrCCC1(Br)CCN(Cc2ccccc2)CC1. The Morgan fingerprint density at radius 2 is 1.76 bits per heavy atom. The van der Waals surface area contributed by atoms with Gasteiger partial charge in [-0.15, -0.1) is 0 Å². The molecule has 94 valence electrons. The Balaban J connectivity index is 1.83. The summed E-state index contributed by atoms with van der Waals surface area (Å²) in [4.78, 5) is 2.56. The summed E-state index contributed by atoms with van der Waals surface area (Å²) in [6.45, 7) is 3.50. The number of rotatable bonds is 4. The number of alkyl halides is 2. The highest BCUT2D eigenvalue weighted by Crippen LogP contribution is 2.35. The van der Waals surface area contributed by atoms with Crippen molar-refractivity contribution in [2.45, 2.75) is 30.1 Å². The van der Waals surface area contributed by atoms with Crippen LogP contribution in [0.4, 0.5) is 0 Å². The second kappa shape index (κ2) is 6.35. The van der Waals surface area contributed by atoms with E-state index in [9.17, 15) is 0 Å². The van der Waals surface area contributed by atoms with Gasteiger partial charge in [0.2, 0.25) is 0 Å². The van der Waals surface area contributed by atoms with Crippen LogP contribution in [0.1, 0.15) is 24.8 Å². The molecule has 0 aromatic heterocycles. The molecule has 1 heterocycles. The maximum atomic E-state index is 3.91. The Hall–Kier alpha value is 0.140. The van der Waals surface area contributed by atoms with E-state index in [-0.39, 0.29) is 0 Å². The zero-order valence-electron chi connectivity index (χ0n) is 10.0. The summed E-state index contributed by atoms with van der Waals surface area (Å²) in [6, 6.07) is 10.8. The predicted molar refractivity (Wildman–Crippen MR) is 81.0 cm³/mol. The van der Waals surface area contributed by atoms with Crippen LogP contribution in [0.2, 0.25) is 0 Å². The molecule has 1 aliphatic rings. The zero-order chi connectivity index (χ0) is 12.1. The summed E-state index contributed by atoms with van der Waals surface area (Å²) >= 11 is 7.46. The standard InChI is InChI=1S/C14H19Br2N/c15-9-6-14(16)7-10-17(11-8-14)12-13-4-2-1-3-5-13/h1-5H,6-12H2. The highest BCUT2D eigenvalue weighted by Gasteiger charge is 2.30. The number of benzene rings is 1. The lowest BCUT2D eigenvalue weighted by molar-refractivity contribution is 0.193. The molecule has 0 amide bonds. The topological polar surface area (TPSA) is 3.24 Å². The van der Waals surface area contributed by atoms with Gasteiger partial charge in [-0.1, -0.05) is 62.2 Å². The van der Waals surface area contributed by atoms with Crippen LogP contribution in [0.5, 0.6) is 0 Å². The monoisotopic (exact) mass is 359 g/mol. The Labute approximate surface area is 121 Å². The van der Waals surface area contributed by atoms with Crippen LogP contribution >= 0.6 is 31.9 Å². The van der Waals surface area contributed by atoms with E-state index in [1.165, 1.54) is 37.9 Å². The van der Waals surface area contributed by atoms with E-state index in [1.54, 1.807) is 0 Å². The fraction of sp³-hybridized carbons (Fsp3) is 0.571. The molecule has 17 heavy (non-hydrogen) atoms. The van der Waals surface area contributed by atoms with Gasteiger partial charge in [0.1, 0.15) is 0 Å². The van der Waals surface area contributed by atoms with Crippen LogP contribution in [0.15, 0.2) is 30.3 Å². The molecule has 0 atom stereocenters. The molecule has 0 unspecified atom stereocenters. The minimum atomic E-state index is 0.379. The van der Waals surface area contributed by atoms with Crippen LogP contribution in [-0.2, 0) is 6.54 Å². The van der Waals surface area contributed by atoms with Gasteiger partial charge in [-0.2, -0.15) is 0 Å². The molecule has 0 aliphatic carbocycles. The summed E-state index contributed by atoms with van der Waals surface area (Å²) in [7, 11) is 0. The van der Waals surface area contributed by atoms with E-state index in [4.69, 9.17) is 0 Å². The van der Waals surface area contributed by atoms with Crippen LogP contribution < -0.4 is 0 Å². The molecule has 0 bridgehead atoms. The Morgan fingerprint density at radius 3 is 2.35 bits per heavy atom. The van der Waals surface area contributed by atoms with Crippen molar-refractivity contribution in [3.8, 4) is 0 Å². The van der Waals surface area contributed by atoms with E-state index in [0.717, 1.165) is 11.9 Å². The van der Waals surface area contributed by atoms with Crippen molar-refractivity contribution < 1.29 is 0 Å². The number of piperidine rings is 1. The first-order chi connectivity index (χ1) is 8.22. The van der Waals surface area contributed by atoms with E-state index < -0.39 is 0 Å². The van der Waals surface area contributed by atoms with E-state index >= 15 is 0 Å². The number of halogens is 2. The largest absolute Gasteiger partial charge is 0.299 e. The third kappa shape index (κ3) is 4.08. The zero-order valence-corrected chi connectivity index (χ0v) is 13.2. The van der Waals surface area contributed by atoms with Gasteiger partial charge in [-0.25, -0.2) is 0 Å². The third-order valence-corrected chi connectivity index (χ3v) is 5.13. The van der Waals surface area contributed by atoms with Crippen molar-refractivity contribution >= 4 is 31.9 Å². The van der Waals surface area contributed by atoms with Gasteiger partial charge in [-0.3, -0.25) is 4.90 Å². The minimum absolute atomic E-state index is 0.379. The minimum Gasteiger partial charge on any atom is -0.299 e. The van der Waals surface area contributed by atoms with Crippen molar-refractivity contribution in [3.63, 3.8) is 0 Å². The molecule has 1 saturated heterocycles. The lowest BCUT2D eigenvalue weighted by atomic mass is 9.94. The van der Waals surface area contributed by atoms with E-state index in [0.29, 0.717) is 4.32 Å². The second-order valence-corrected chi connectivity index (χ2v) is 7.33. The average molecular weight is 361 g/mol. The average Bonchev–Trinajstić information content (AvgIpc) is 2.34. The van der Waals surface area contributed by atoms with E-state index in [1.807, 2.05) is 0 Å². The van der Waals surface area contributed by atoms with Gasteiger partial charge in [0.05, 0.1) is 0 Å². The fourth-order valence-electron chi connectivity index (χ4n) is 2.37. The maximum Gasteiger partial charge on any atom is 0.0290 e. The molecule has 0 N–H and O–H groups in total. The summed E-state index contributed by atoms with van der Waals surface area (Å²) in [6.07, 6.45) is 3.74. The molecule has 1 aliphatic heterocycles. The van der Waals surface area contributed by atoms with Gasteiger partial charge >= 0.3 is 0 Å². The van der Waals surface area contributed by atoms with E-state index in [2.05, 4.69) is 67.1 Å². The molecular formula is C14H19Br2N. The molecule has 1 nitrogen and oxygen atoms in total. The van der Waals surface area contributed by atoms with Crippen molar-refractivity contribution in [3.05, 3.63) is 35.9 Å². The summed E-state index contributed by atoms with van der Waals surface area (Å²) in [5, 5.41) is 1.09. The van der Waals surface area contributed by atoms with Crippen molar-refractivity contribution in [1.29, 1.82) is 0 Å². The highest BCUT2D eigenvalue weighted by atomic mass is 79.9. The van der Waals surface area contributed by atoms with Crippen LogP contribution in [-0.4, -0.2) is 27.6 Å². The molecule has 1 fully saturated rings. The van der Waals surface area contributed by atoms with Gasteiger partial charge in [-0.05, 0) is 37.9 Å². The molecule has 3 heteroatoms. The summed E-state index contributed by atoms with van der Waals surface area (Å²) in [5.74, 6) is 0. The van der Waals surface area contributed by atoms with Gasteiger partial charge in [0.15, 0.2) is 0 Å². The number of likely N-dealkylation sites (tertiary alicyclic amines) is 1. The first-order valence-electron chi connectivity index (χ1n) is 6.23. The summed E-state index contributed by atoms with van der Waals surface area (Å²) in [5.41, 5.74) is 1.43. The van der Waals surface area contributed by atoms with Crippen molar-refractivity contribution in [1.82, 2.24) is 4.90 Å². The van der Waals surface area contributed by atoms with Crippen LogP contribution in [0, 0.1) is 0 Å². The quantitative estimate of drug-likeness (QED) is 0.727. The Kier molecular flexibility index (Phi) is 5.07. The van der Waals surface area contributed by atoms with Gasteiger partial charge in [0, 0.05) is 16.2 Å². The highest BCUT2D eigenvalue weighted by molar-refractivity contribution is 9.10. The first kappa shape index (κ1) is 13.6. The number of hydrogen-bond donors (Lipinski definition) is 0. The van der Waals surface area contributed by atoms with Gasteiger partial charge in [0.25, 0.3) is 0 Å². The summed E-state index contributed by atoms with van der Waals surface area (Å²) < 4.78 is 0.379. The fourth-order valence-corrected chi connectivity index (χ4v) is 4.22. The molecule has 1 aromatic carbocycles. The molecule has 1 aromatic rings.